The number of fused-ring (bicyclic) bond motifs is 2. The van der Waals surface area contributed by atoms with Gasteiger partial charge in [0.15, 0.2) is 0 Å². The van der Waals surface area contributed by atoms with Crippen LogP contribution in [0.4, 0.5) is 0 Å². The van der Waals surface area contributed by atoms with Gasteiger partial charge in [0.25, 0.3) is 0 Å². The van der Waals surface area contributed by atoms with Gasteiger partial charge in [0.05, 0.1) is 25.4 Å². The molecule has 0 saturated heterocycles. The number of aromatic nitrogens is 1. The lowest BCUT2D eigenvalue weighted by Gasteiger charge is -2.38. The van der Waals surface area contributed by atoms with Gasteiger partial charge < -0.3 is 14.2 Å². The molecule has 3 saturated carbocycles. The highest BCUT2D eigenvalue weighted by molar-refractivity contribution is 7.89. The van der Waals surface area contributed by atoms with Crippen LogP contribution in [-0.4, -0.2) is 72.5 Å². The Labute approximate surface area is 261 Å². The molecule has 236 valence electrons. The zero-order chi connectivity index (χ0) is 30.8. The maximum absolute atomic E-state index is 14.2. The molecule has 3 fully saturated rings. The fourth-order valence-electron chi connectivity index (χ4n) is 7.81. The number of halogens is 1. The first kappa shape index (κ1) is 32.2. The van der Waals surface area contributed by atoms with Gasteiger partial charge in [0.1, 0.15) is 5.78 Å². The quantitative estimate of drug-likeness (QED) is 0.290. The van der Waals surface area contributed by atoms with Crippen molar-refractivity contribution in [2.45, 2.75) is 84.3 Å². The molecule has 10 heteroatoms. The zero-order valence-electron chi connectivity index (χ0n) is 25.8. The summed E-state index contributed by atoms with van der Waals surface area (Å²) in [5, 5.41) is 0.693. The fraction of sp³-hybridized carbons (Fsp3) is 0.636. The molecule has 43 heavy (non-hydrogen) atoms. The van der Waals surface area contributed by atoms with Crippen LogP contribution in [0.5, 0.6) is 0 Å². The summed E-state index contributed by atoms with van der Waals surface area (Å²) in [7, 11) is -2.41. The molecule has 1 amide bonds. The van der Waals surface area contributed by atoms with Gasteiger partial charge in [-0.05, 0) is 60.8 Å². The molecular formula is C33H46ClN3O5S. The van der Waals surface area contributed by atoms with E-state index in [1.54, 1.807) is 0 Å². The van der Waals surface area contributed by atoms with Gasteiger partial charge in [-0.1, -0.05) is 62.9 Å². The largest absolute Gasteiger partial charge is 0.383 e. The van der Waals surface area contributed by atoms with Crippen LogP contribution in [-0.2, 0) is 37.4 Å². The fourth-order valence-corrected chi connectivity index (χ4v) is 10.1. The first-order chi connectivity index (χ1) is 20.5. The maximum Gasteiger partial charge on any atom is 0.238 e. The van der Waals surface area contributed by atoms with Crippen molar-refractivity contribution < 1.29 is 22.7 Å². The maximum atomic E-state index is 14.2. The van der Waals surface area contributed by atoms with Gasteiger partial charge in [-0.2, -0.15) is 4.31 Å². The summed E-state index contributed by atoms with van der Waals surface area (Å²) in [6.07, 6.45) is 8.92. The number of ether oxygens (including phenoxy) is 1. The minimum atomic E-state index is -3.94. The standard InChI is InChI=1S/C33H46ClN3O5S/c1-32(2)26-15-16-33(32,30(38)20-26)24-43(40,41)36(18-19-42-3)23-31(39)37(27-11-5-4-6-12-27)22-28-13-9-17-35(28)21-25-10-7-8-14-29(25)34/h7-10,13-14,17,26-27H,4-6,11-12,15-16,18-24H2,1-3H3. The highest BCUT2D eigenvalue weighted by Gasteiger charge is 2.65. The number of carbonyl (C=O) groups excluding carboxylic acids is 2. The van der Waals surface area contributed by atoms with Crippen molar-refractivity contribution in [3.8, 4) is 0 Å². The minimum Gasteiger partial charge on any atom is -0.383 e. The molecule has 1 aromatic carbocycles. The van der Waals surface area contributed by atoms with Gasteiger partial charge >= 0.3 is 0 Å². The van der Waals surface area contributed by atoms with Crippen molar-refractivity contribution >= 4 is 33.3 Å². The van der Waals surface area contributed by atoms with Crippen molar-refractivity contribution in [2.24, 2.45) is 16.7 Å². The molecular weight excluding hydrogens is 586 g/mol. The topological polar surface area (TPSA) is 88.9 Å². The predicted molar refractivity (Wildman–Crippen MR) is 168 cm³/mol. The first-order valence-electron chi connectivity index (χ1n) is 15.7. The van der Waals surface area contributed by atoms with Gasteiger partial charge in [-0.15, -0.1) is 0 Å². The Morgan fingerprint density at radius 3 is 2.49 bits per heavy atom. The summed E-state index contributed by atoms with van der Waals surface area (Å²) in [6.45, 7) is 5.02. The molecule has 2 aromatic rings. The average molecular weight is 632 g/mol. The Bertz CT molecular complexity index is 1420. The summed E-state index contributed by atoms with van der Waals surface area (Å²) in [5.74, 6) is -0.189. The minimum absolute atomic E-state index is 0.0430. The SMILES string of the molecule is COCCN(CC(=O)N(Cc1cccn1Cc1ccccc1Cl)C1CCCCC1)S(=O)(=O)CC12CCC(CC1=O)C2(C)C. The second kappa shape index (κ2) is 13.0. The van der Waals surface area contributed by atoms with E-state index in [9.17, 15) is 18.0 Å². The average Bonchev–Trinajstić information content (AvgIpc) is 3.57. The van der Waals surface area contributed by atoms with Crippen LogP contribution in [0.15, 0.2) is 42.6 Å². The zero-order valence-corrected chi connectivity index (χ0v) is 27.3. The summed E-state index contributed by atoms with van der Waals surface area (Å²) in [4.78, 5) is 29.3. The van der Waals surface area contributed by atoms with Crippen molar-refractivity contribution in [2.75, 3.05) is 32.6 Å². The number of methoxy groups -OCH3 is 1. The third-order valence-corrected chi connectivity index (χ3v) is 13.0. The van der Waals surface area contributed by atoms with Gasteiger partial charge in [0, 0.05) is 55.0 Å². The summed E-state index contributed by atoms with van der Waals surface area (Å²) >= 11 is 6.45. The summed E-state index contributed by atoms with van der Waals surface area (Å²) in [5.41, 5.74) is 0.689. The van der Waals surface area contributed by atoms with Gasteiger partial charge in [-0.25, -0.2) is 8.42 Å². The molecule has 0 radical (unpaired) electrons. The van der Waals surface area contributed by atoms with Crippen LogP contribution in [0.1, 0.15) is 76.5 Å². The van der Waals surface area contributed by atoms with E-state index >= 15 is 0 Å². The van der Waals surface area contributed by atoms with Crippen molar-refractivity contribution in [1.82, 2.24) is 13.8 Å². The van der Waals surface area contributed by atoms with E-state index in [2.05, 4.69) is 4.57 Å². The number of amides is 1. The lowest BCUT2D eigenvalue weighted by atomic mass is 9.70. The van der Waals surface area contributed by atoms with Gasteiger partial charge in [-0.3, -0.25) is 9.59 Å². The normalized spacial score (nSPS) is 23.7. The molecule has 2 bridgehead atoms. The number of rotatable bonds is 13. The Morgan fingerprint density at radius 2 is 1.84 bits per heavy atom. The number of sulfonamides is 1. The lowest BCUT2D eigenvalue weighted by Crippen LogP contribution is -2.51. The number of Topliss-reactive ketones (excluding diaryl/α,β-unsaturated/α-hetero) is 1. The number of ketones is 1. The Kier molecular flexibility index (Phi) is 9.76. The molecule has 5 rings (SSSR count). The number of hydrogen-bond acceptors (Lipinski definition) is 5. The van der Waals surface area contributed by atoms with E-state index in [1.807, 2.05) is 61.3 Å². The second-order valence-electron chi connectivity index (χ2n) is 13.3. The Balaban J connectivity index is 1.38. The monoisotopic (exact) mass is 631 g/mol. The van der Waals surface area contributed by atoms with E-state index in [1.165, 1.54) is 11.4 Å². The van der Waals surface area contributed by atoms with Crippen LogP contribution in [0.3, 0.4) is 0 Å². The van der Waals surface area contributed by atoms with Crippen LogP contribution < -0.4 is 0 Å². The summed E-state index contributed by atoms with van der Waals surface area (Å²) in [6, 6.07) is 11.8. The molecule has 3 aliphatic rings. The molecule has 2 atom stereocenters. The van der Waals surface area contributed by atoms with E-state index in [0.29, 0.717) is 31.0 Å². The van der Waals surface area contributed by atoms with Crippen LogP contribution >= 0.6 is 11.6 Å². The Morgan fingerprint density at radius 1 is 1.09 bits per heavy atom. The van der Waals surface area contributed by atoms with Crippen LogP contribution in [0, 0.1) is 16.7 Å². The number of benzene rings is 1. The molecule has 1 aromatic heterocycles. The lowest BCUT2D eigenvalue weighted by molar-refractivity contribution is -0.135. The van der Waals surface area contributed by atoms with Gasteiger partial charge in [0.2, 0.25) is 15.9 Å². The van der Waals surface area contributed by atoms with Crippen molar-refractivity contribution in [3.63, 3.8) is 0 Å². The Hall–Kier alpha value is -2.20. The third-order valence-electron chi connectivity index (χ3n) is 10.7. The molecule has 8 nitrogen and oxygen atoms in total. The molecule has 0 N–H and O–H groups in total. The number of hydrogen-bond donors (Lipinski definition) is 0. The highest BCUT2D eigenvalue weighted by Crippen LogP contribution is 2.64. The van der Waals surface area contributed by atoms with Crippen molar-refractivity contribution in [1.29, 1.82) is 0 Å². The van der Waals surface area contributed by atoms with Crippen LogP contribution in [0.2, 0.25) is 5.02 Å². The molecule has 0 spiro atoms. The predicted octanol–water partition coefficient (Wildman–Crippen LogP) is 5.52. The number of nitrogens with zero attached hydrogens (tertiary/aromatic N) is 3. The molecule has 2 unspecified atom stereocenters. The van der Waals surface area contributed by atoms with E-state index < -0.39 is 15.4 Å². The smallest absolute Gasteiger partial charge is 0.238 e. The van der Waals surface area contributed by atoms with E-state index in [0.717, 1.165) is 49.8 Å². The molecule has 0 aliphatic heterocycles. The first-order valence-corrected chi connectivity index (χ1v) is 17.6. The molecule has 1 heterocycles. The third kappa shape index (κ3) is 6.46. The second-order valence-corrected chi connectivity index (χ2v) is 15.7. The molecule has 3 aliphatic carbocycles. The van der Waals surface area contributed by atoms with Crippen LogP contribution in [0.25, 0.3) is 0 Å². The van der Waals surface area contributed by atoms with E-state index in [4.69, 9.17) is 16.3 Å². The highest BCUT2D eigenvalue weighted by atomic mass is 35.5. The summed E-state index contributed by atoms with van der Waals surface area (Å²) < 4.78 is 36.8. The number of carbonyl (C=O) groups is 2. The van der Waals surface area contributed by atoms with Crippen molar-refractivity contribution in [3.05, 3.63) is 58.9 Å². The van der Waals surface area contributed by atoms with E-state index in [-0.39, 0.29) is 54.5 Å².